The van der Waals surface area contributed by atoms with Gasteiger partial charge in [0.15, 0.2) is 12.4 Å². The van der Waals surface area contributed by atoms with Gasteiger partial charge in [0.2, 0.25) is 6.41 Å². The quantitative estimate of drug-likeness (QED) is 0.241. The van der Waals surface area contributed by atoms with Crippen LogP contribution < -0.4 is 10.5 Å². The highest BCUT2D eigenvalue weighted by atomic mass is 16.5. The summed E-state index contributed by atoms with van der Waals surface area (Å²) in [5.74, 6) is -0.518. The monoisotopic (exact) mass is 484 g/mol. The van der Waals surface area contributed by atoms with Gasteiger partial charge in [0.05, 0.1) is 10.9 Å². The van der Waals surface area contributed by atoms with Gasteiger partial charge in [-0.3, -0.25) is 9.59 Å². The number of fused-ring (bicyclic) bond motifs is 3. The van der Waals surface area contributed by atoms with Gasteiger partial charge in [-0.05, 0) is 78.0 Å². The molecule has 7 nitrogen and oxygen atoms in total. The van der Waals surface area contributed by atoms with E-state index < -0.39 is 12.6 Å². The zero-order valence-electron chi connectivity index (χ0n) is 21.9. The summed E-state index contributed by atoms with van der Waals surface area (Å²) in [5.41, 5.74) is 10.4. The van der Waals surface area contributed by atoms with Crippen molar-refractivity contribution in [1.29, 1.82) is 0 Å². The molecule has 0 saturated carbocycles. The molecule has 1 aliphatic carbocycles. The van der Waals surface area contributed by atoms with Crippen LogP contribution in [0, 0.1) is 6.92 Å². The van der Waals surface area contributed by atoms with E-state index in [1.807, 2.05) is 45.9 Å². The lowest BCUT2D eigenvalue weighted by molar-refractivity contribution is -0.139. The number of nitrogens with zero attached hydrogens (tertiary/aromatic N) is 1. The molecule has 3 rings (SSSR count). The number of aryl methyl sites for hydroxylation is 3. The Hall–Kier alpha value is -3.61. The van der Waals surface area contributed by atoms with E-state index in [1.165, 1.54) is 16.7 Å². The molecule has 2 aromatic rings. The van der Waals surface area contributed by atoms with Crippen molar-refractivity contribution in [3.05, 3.63) is 65.4 Å². The van der Waals surface area contributed by atoms with E-state index in [9.17, 15) is 9.59 Å². The first kappa shape index (κ1) is 31.4. The van der Waals surface area contributed by atoms with Crippen LogP contribution in [0.25, 0.3) is 10.9 Å². The zero-order valence-corrected chi connectivity index (χ0v) is 21.9. The number of hydrogen-bond acceptors (Lipinski definition) is 4. The highest BCUT2D eigenvalue weighted by molar-refractivity contribution is 6.11. The van der Waals surface area contributed by atoms with Gasteiger partial charge in [-0.1, -0.05) is 30.4 Å². The van der Waals surface area contributed by atoms with Crippen LogP contribution in [0.15, 0.2) is 43.0 Å². The van der Waals surface area contributed by atoms with Crippen LogP contribution in [-0.2, 0) is 29.0 Å². The largest absolute Gasteiger partial charge is 0.481 e. The number of amides is 1. The fraction of sp³-hybridized carbons (Fsp3) is 0.393. The van der Waals surface area contributed by atoms with Gasteiger partial charge in [0.25, 0.3) is 0 Å². The maximum absolute atomic E-state index is 12.2. The molecular formula is C28H40N2O5. The molecule has 0 saturated heterocycles. The summed E-state index contributed by atoms with van der Waals surface area (Å²) in [6.07, 6.45) is 8.87. The number of aliphatic carboxylic acids is 1. The Bertz CT molecular complexity index is 1070. The molecule has 0 aliphatic heterocycles. The lowest BCUT2D eigenvalue weighted by Crippen LogP contribution is -2.10. The van der Waals surface area contributed by atoms with E-state index in [-0.39, 0.29) is 12.2 Å². The highest BCUT2D eigenvalue weighted by Crippen LogP contribution is 2.41. The number of primary amides is 1. The van der Waals surface area contributed by atoms with Crippen molar-refractivity contribution in [2.45, 2.75) is 67.3 Å². The summed E-state index contributed by atoms with van der Waals surface area (Å²) in [7, 11) is 0. The van der Waals surface area contributed by atoms with Crippen molar-refractivity contribution in [2.24, 2.45) is 5.73 Å². The number of aromatic nitrogens is 1. The van der Waals surface area contributed by atoms with Crippen LogP contribution in [-0.4, -0.2) is 34.4 Å². The molecule has 0 spiro atoms. The topological polar surface area (TPSA) is 112 Å². The molecule has 1 amide bonds. The molecule has 1 heterocycles. The fourth-order valence-electron chi connectivity index (χ4n) is 3.93. The molecule has 1 aromatic heterocycles. The molecule has 7 heteroatoms. The third kappa shape index (κ3) is 9.27. The van der Waals surface area contributed by atoms with Crippen LogP contribution >= 0.6 is 0 Å². The van der Waals surface area contributed by atoms with Gasteiger partial charge < -0.3 is 20.1 Å². The van der Waals surface area contributed by atoms with Crippen molar-refractivity contribution >= 4 is 29.1 Å². The predicted molar refractivity (Wildman–Crippen MR) is 143 cm³/mol. The number of ether oxygens (including phenoxy) is 1. The number of benzene rings is 1. The minimum Gasteiger partial charge on any atom is -0.481 e. The predicted octanol–water partition coefficient (Wildman–Crippen LogP) is 5.56. The summed E-state index contributed by atoms with van der Waals surface area (Å²) < 4.78 is 7.70. The lowest BCUT2D eigenvalue weighted by Gasteiger charge is -2.12. The van der Waals surface area contributed by atoms with E-state index in [0.29, 0.717) is 11.3 Å². The summed E-state index contributed by atoms with van der Waals surface area (Å²) >= 11 is 0. The molecular weight excluding hydrogens is 444 g/mol. The maximum Gasteiger partial charge on any atom is 0.341 e. The lowest BCUT2D eigenvalue weighted by atomic mass is 10.0. The Morgan fingerprint density at radius 1 is 1.26 bits per heavy atom. The Labute approximate surface area is 209 Å². The standard InChI is InChI=1S/C18H21NO4.C5H8.C4H8.CH3NO/c1-4-19-10(2)16(11(3)20)17-14(23-9-15(21)22)8-12-6-5-7-13(12)18(17)19;1-3-5-4-2;1-4(2)3;2-1-3/h8H,4-7,9H2,1-3H3,(H,21,22);3-5H,1H2,2H3;1H2,2-3H3;1H,(H2,2,3)/b;5-4-;;. The van der Waals surface area contributed by atoms with Crippen molar-refractivity contribution in [2.75, 3.05) is 6.61 Å². The second-order valence-corrected chi connectivity index (χ2v) is 8.14. The van der Waals surface area contributed by atoms with Crippen molar-refractivity contribution in [1.82, 2.24) is 4.57 Å². The molecule has 0 atom stereocenters. The van der Waals surface area contributed by atoms with Gasteiger partial charge in [0.1, 0.15) is 5.75 Å². The van der Waals surface area contributed by atoms with E-state index >= 15 is 0 Å². The van der Waals surface area contributed by atoms with Gasteiger partial charge in [-0.25, -0.2) is 4.79 Å². The van der Waals surface area contributed by atoms with Gasteiger partial charge in [-0.15, -0.1) is 6.58 Å². The first-order chi connectivity index (χ1) is 16.5. The maximum atomic E-state index is 12.2. The third-order valence-corrected chi connectivity index (χ3v) is 4.97. The summed E-state index contributed by atoms with van der Waals surface area (Å²) in [5, 5.41) is 9.70. The molecule has 192 valence electrons. The number of Topliss-reactive ketones (excluding diaryl/α,β-unsaturated/α-hetero) is 1. The number of carbonyl (C=O) groups is 3. The minimum absolute atomic E-state index is 0.0159. The number of carboxylic acids is 1. The normalized spacial score (nSPS) is 11.1. The summed E-state index contributed by atoms with van der Waals surface area (Å²) in [6.45, 7) is 18.8. The van der Waals surface area contributed by atoms with Crippen LogP contribution in [0.3, 0.4) is 0 Å². The molecule has 0 radical (unpaired) electrons. The second kappa shape index (κ2) is 16.1. The second-order valence-electron chi connectivity index (χ2n) is 8.14. The highest BCUT2D eigenvalue weighted by Gasteiger charge is 2.26. The molecule has 1 aliphatic rings. The third-order valence-electron chi connectivity index (χ3n) is 4.97. The smallest absolute Gasteiger partial charge is 0.341 e. The van der Waals surface area contributed by atoms with Crippen molar-refractivity contribution < 1.29 is 24.2 Å². The number of rotatable bonds is 6. The molecule has 1 aromatic carbocycles. The van der Waals surface area contributed by atoms with Crippen LogP contribution in [0.1, 0.15) is 68.2 Å². The van der Waals surface area contributed by atoms with E-state index in [2.05, 4.69) is 30.4 Å². The number of carboxylic acid groups (broad SMARTS) is 1. The average Bonchev–Trinajstić information content (AvgIpc) is 3.34. The number of carbonyl (C=O) groups excluding carboxylic acids is 2. The number of allylic oxidation sites excluding steroid dienone is 4. The van der Waals surface area contributed by atoms with Crippen LogP contribution in [0.5, 0.6) is 5.75 Å². The zero-order chi connectivity index (χ0) is 27.1. The summed E-state index contributed by atoms with van der Waals surface area (Å²) in [6, 6.07) is 1.93. The number of nitrogens with two attached hydrogens (primary N) is 1. The molecule has 0 fully saturated rings. The number of ketones is 1. The first-order valence-corrected chi connectivity index (χ1v) is 11.6. The Morgan fingerprint density at radius 3 is 2.23 bits per heavy atom. The Balaban J connectivity index is 0.000000808. The van der Waals surface area contributed by atoms with Crippen molar-refractivity contribution in [3.63, 3.8) is 0 Å². The molecule has 0 unspecified atom stereocenters. The SMILES string of the molecule is C=C(C)C.C=C/C=C\C.CCn1c(C)c(C(C)=O)c2c(OCC(=O)O)cc3c(c21)CCC3.NC=O. The average molecular weight is 485 g/mol. The van der Waals surface area contributed by atoms with Crippen LogP contribution in [0.2, 0.25) is 0 Å². The molecule has 0 bridgehead atoms. The number of hydrogen-bond donors (Lipinski definition) is 2. The van der Waals surface area contributed by atoms with Gasteiger partial charge in [0, 0.05) is 17.8 Å². The molecule has 3 N–H and O–H groups in total. The van der Waals surface area contributed by atoms with E-state index in [4.69, 9.17) is 14.6 Å². The van der Waals surface area contributed by atoms with Gasteiger partial charge >= 0.3 is 5.97 Å². The summed E-state index contributed by atoms with van der Waals surface area (Å²) in [4.78, 5) is 31.7. The van der Waals surface area contributed by atoms with Gasteiger partial charge in [-0.2, -0.15) is 0 Å². The minimum atomic E-state index is -1.02. The van der Waals surface area contributed by atoms with Crippen LogP contribution in [0.4, 0.5) is 0 Å². The Kier molecular flexibility index (Phi) is 14.4. The first-order valence-electron chi connectivity index (χ1n) is 11.6. The fourth-order valence-corrected chi connectivity index (χ4v) is 3.93. The Morgan fingerprint density at radius 2 is 1.83 bits per heavy atom. The van der Waals surface area contributed by atoms with Crippen molar-refractivity contribution in [3.8, 4) is 5.75 Å². The van der Waals surface area contributed by atoms with E-state index in [1.54, 1.807) is 13.0 Å². The van der Waals surface area contributed by atoms with E-state index in [0.717, 1.165) is 42.4 Å². The molecule has 35 heavy (non-hydrogen) atoms.